The van der Waals surface area contributed by atoms with Crippen molar-refractivity contribution in [3.05, 3.63) is 0 Å². The molecule has 0 spiro atoms. The van der Waals surface area contributed by atoms with Crippen molar-refractivity contribution in [1.29, 1.82) is 0 Å². The van der Waals surface area contributed by atoms with Crippen molar-refractivity contribution in [2.45, 2.75) is 102 Å². The number of hydrogen-bond donors (Lipinski definition) is 0. The molecule has 0 bridgehead atoms. The molecular formula is C25H45ClN2. The SMILES string of the molecule is CC1CCCC(CN2CCN(C(C3CCCCC3)C3CCC(Cl)CC3)CC2)C1. The molecular weight excluding hydrogens is 364 g/mol. The van der Waals surface area contributed by atoms with Gasteiger partial charge in [-0.2, -0.15) is 0 Å². The van der Waals surface area contributed by atoms with Crippen LogP contribution in [0, 0.1) is 23.7 Å². The predicted molar refractivity (Wildman–Crippen MR) is 121 cm³/mol. The zero-order valence-electron chi connectivity index (χ0n) is 18.5. The van der Waals surface area contributed by atoms with Gasteiger partial charge in [-0.05, 0) is 75.0 Å². The van der Waals surface area contributed by atoms with E-state index in [4.69, 9.17) is 11.6 Å². The first kappa shape index (κ1) is 21.4. The summed E-state index contributed by atoms with van der Waals surface area (Å²) < 4.78 is 0. The lowest BCUT2D eigenvalue weighted by Gasteiger charge is -2.48. The molecule has 3 aliphatic carbocycles. The van der Waals surface area contributed by atoms with Gasteiger partial charge >= 0.3 is 0 Å². The maximum atomic E-state index is 6.46. The number of alkyl halides is 1. The van der Waals surface area contributed by atoms with Crippen LogP contribution in [0.4, 0.5) is 0 Å². The Bertz CT molecular complexity index is 447. The average molecular weight is 409 g/mol. The first-order chi connectivity index (χ1) is 13.7. The van der Waals surface area contributed by atoms with E-state index in [1.54, 1.807) is 0 Å². The third kappa shape index (κ3) is 5.67. The second kappa shape index (κ2) is 10.5. The third-order valence-electron chi connectivity index (χ3n) is 8.71. The number of halogens is 1. The van der Waals surface area contributed by atoms with Crippen molar-refractivity contribution < 1.29 is 0 Å². The second-order valence-corrected chi connectivity index (χ2v) is 11.5. The van der Waals surface area contributed by atoms with Gasteiger partial charge in [0.25, 0.3) is 0 Å². The molecule has 0 amide bonds. The highest BCUT2D eigenvalue weighted by atomic mass is 35.5. The van der Waals surface area contributed by atoms with E-state index in [0.29, 0.717) is 5.38 Å². The van der Waals surface area contributed by atoms with E-state index in [-0.39, 0.29) is 0 Å². The Kier molecular flexibility index (Phi) is 8.03. The number of hydrogen-bond acceptors (Lipinski definition) is 2. The molecule has 2 nitrogen and oxygen atoms in total. The zero-order chi connectivity index (χ0) is 19.3. The van der Waals surface area contributed by atoms with E-state index >= 15 is 0 Å². The fraction of sp³-hybridized carbons (Fsp3) is 1.00. The van der Waals surface area contributed by atoms with Crippen molar-refractivity contribution in [3.63, 3.8) is 0 Å². The maximum Gasteiger partial charge on any atom is 0.0336 e. The van der Waals surface area contributed by atoms with Gasteiger partial charge < -0.3 is 4.90 Å². The molecule has 3 heteroatoms. The van der Waals surface area contributed by atoms with Crippen molar-refractivity contribution in [1.82, 2.24) is 9.80 Å². The van der Waals surface area contributed by atoms with Crippen LogP contribution in [-0.4, -0.2) is 53.9 Å². The lowest BCUT2D eigenvalue weighted by atomic mass is 9.73. The first-order valence-corrected chi connectivity index (χ1v) is 13.2. The van der Waals surface area contributed by atoms with Crippen LogP contribution in [0.15, 0.2) is 0 Å². The van der Waals surface area contributed by atoms with Crippen molar-refractivity contribution >= 4 is 11.6 Å². The summed E-state index contributed by atoms with van der Waals surface area (Å²) in [6.45, 7) is 9.13. The van der Waals surface area contributed by atoms with E-state index in [2.05, 4.69) is 16.7 Å². The molecule has 0 radical (unpaired) electrons. The molecule has 3 saturated carbocycles. The van der Waals surface area contributed by atoms with Crippen molar-refractivity contribution in [2.75, 3.05) is 32.7 Å². The van der Waals surface area contributed by atoms with Crippen LogP contribution in [0.2, 0.25) is 0 Å². The molecule has 0 aromatic carbocycles. The molecule has 1 saturated heterocycles. The zero-order valence-corrected chi connectivity index (χ0v) is 19.2. The summed E-state index contributed by atoms with van der Waals surface area (Å²) in [5.41, 5.74) is 0. The topological polar surface area (TPSA) is 6.48 Å². The van der Waals surface area contributed by atoms with Gasteiger partial charge in [0.05, 0.1) is 0 Å². The highest BCUT2D eigenvalue weighted by molar-refractivity contribution is 6.20. The smallest absolute Gasteiger partial charge is 0.0336 e. The molecule has 3 atom stereocenters. The standard InChI is InChI=1S/C25H45ClN2/c1-20-6-5-7-21(18-20)19-27-14-16-28(17-15-27)25(22-8-3-2-4-9-22)23-10-12-24(26)13-11-23/h20-25H,2-19H2,1H3. The van der Waals surface area contributed by atoms with Crippen molar-refractivity contribution in [2.24, 2.45) is 23.7 Å². The summed E-state index contributed by atoms with van der Waals surface area (Å²) in [6, 6.07) is 0.862. The summed E-state index contributed by atoms with van der Waals surface area (Å²) in [5, 5.41) is 0.456. The summed E-state index contributed by atoms with van der Waals surface area (Å²) in [6.07, 6.45) is 18.6. The van der Waals surface area contributed by atoms with Crippen molar-refractivity contribution in [3.8, 4) is 0 Å². The molecule has 4 fully saturated rings. The van der Waals surface area contributed by atoms with E-state index < -0.39 is 0 Å². The molecule has 0 aromatic rings. The second-order valence-electron chi connectivity index (χ2n) is 10.9. The van der Waals surface area contributed by atoms with Gasteiger partial charge in [-0.3, -0.25) is 4.90 Å². The lowest BCUT2D eigenvalue weighted by Crippen LogP contribution is -2.56. The third-order valence-corrected chi connectivity index (χ3v) is 9.14. The minimum Gasteiger partial charge on any atom is -0.301 e. The quantitative estimate of drug-likeness (QED) is 0.501. The van der Waals surface area contributed by atoms with Crippen LogP contribution in [0.25, 0.3) is 0 Å². The first-order valence-electron chi connectivity index (χ1n) is 12.8. The summed E-state index contributed by atoms with van der Waals surface area (Å²) in [5.74, 6) is 3.83. The Morgan fingerprint density at radius 3 is 2.11 bits per heavy atom. The molecule has 0 N–H and O–H groups in total. The summed E-state index contributed by atoms with van der Waals surface area (Å²) >= 11 is 6.46. The molecule has 0 aromatic heterocycles. The molecule has 1 aliphatic heterocycles. The van der Waals surface area contributed by atoms with Gasteiger partial charge in [0, 0.05) is 44.1 Å². The number of rotatable bonds is 5. The molecule has 3 unspecified atom stereocenters. The average Bonchev–Trinajstić information content (AvgIpc) is 2.72. The number of piperazine rings is 1. The molecule has 162 valence electrons. The minimum absolute atomic E-state index is 0.456. The van der Waals surface area contributed by atoms with Crippen LogP contribution in [0.3, 0.4) is 0 Å². The summed E-state index contributed by atoms with van der Waals surface area (Å²) in [7, 11) is 0. The molecule has 28 heavy (non-hydrogen) atoms. The molecule has 4 rings (SSSR count). The van der Waals surface area contributed by atoms with Gasteiger partial charge in [0.2, 0.25) is 0 Å². The Balaban J connectivity index is 1.32. The van der Waals surface area contributed by atoms with Crippen LogP contribution in [0.5, 0.6) is 0 Å². The van der Waals surface area contributed by atoms with E-state index in [1.165, 1.54) is 116 Å². The van der Waals surface area contributed by atoms with Gasteiger partial charge in [-0.15, -0.1) is 11.6 Å². The van der Waals surface area contributed by atoms with Crippen LogP contribution >= 0.6 is 11.6 Å². The summed E-state index contributed by atoms with van der Waals surface area (Å²) in [4.78, 5) is 5.77. The number of nitrogens with zero attached hydrogens (tertiary/aromatic N) is 2. The Hall–Kier alpha value is 0.210. The Labute approximate surface area is 179 Å². The lowest BCUT2D eigenvalue weighted by molar-refractivity contribution is 0.0119. The maximum absolute atomic E-state index is 6.46. The van der Waals surface area contributed by atoms with E-state index in [1.807, 2.05) is 0 Å². The fourth-order valence-corrected chi connectivity index (χ4v) is 7.46. The molecule has 4 aliphatic rings. The monoisotopic (exact) mass is 408 g/mol. The van der Waals surface area contributed by atoms with Gasteiger partial charge in [0.1, 0.15) is 0 Å². The minimum atomic E-state index is 0.456. The highest BCUT2D eigenvalue weighted by Gasteiger charge is 2.38. The highest BCUT2D eigenvalue weighted by Crippen LogP contribution is 2.40. The Morgan fingerprint density at radius 2 is 1.43 bits per heavy atom. The Morgan fingerprint density at radius 1 is 0.750 bits per heavy atom. The van der Waals surface area contributed by atoms with Crippen LogP contribution < -0.4 is 0 Å². The normalized spacial score (nSPS) is 38.4. The van der Waals surface area contributed by atoms with E-state index in [0.717, 1.165) is 29.7 Å². The fourth-order valence-electron chi connectivity index (χ4n) is 7.21. The van der Waals surface area contributed by atoms with Gasteiger partial charge in [0.15, 0.2) is 0 Å². The van der Waals surface area contributed by atoms with Gasteiger partial charge in [-0.25, -0.2) is 0 Å². The van der Waals surface area contributed by atoms with Gasteiger partial charge in [-0.1, -0.05) is 39.0 Å². The van der Waals surface area contributed by atoms with Crippen LogP contribution in [0.1, 0.15) is 90.4 Å². The van der Waals surface area contributed by atoms with E-state index in [9.17, 15) is 0 Å². The largest absolute Gasteiger partial charge is 0.301 e. The predicted octanol–water partition coefficient (Wildman–Crippen LogP) is 6.18. The molecule has 1 heterocycles. The van der Waals surface area contributed by atoms with Crippen LogP contribution in [-0.2, 0) is 0 Å².